The molecule has 0 aliphatic heterocycles. The minimum absolute atomic E-state index is 0.198. The van der Waals surface area contributed by atoms with Crippen molar-refractivity contribution >= 4 is 11.8 Å². The van der Waals surface area contributed by atoms with E-state index in [0.29, 0.717) is 12.4 Å². The Hall–Kier alpha value is -1.38. The van der Waals surface area contributed by atoms with Gasteiger partial charge in [-0.1, -0.05) is 25.0 Å². The first kappa shape index (κ1) is 18.0. The lowest BCUT2D eigenvalue weighted by molar-refractivity contribution is -0.139. The smallest absolute Gasteiger partial charge is 0.302 e. The van der Waals surface area contributed by atoms with Gasteiger partial charge in [-0.15, -0.1) is 0 Å². The summed E-state index contributed by atoms with van der Waals surface area (Å²) >= 11 is 0. The van der Waals surface area contributed by atoms with Crippen LogP contribution in [0.1, 0.15) is 72.1 Å². The molecule has 142 valence electrons. The summed E-state index contributed by atoms with van der Waals surface area (Å²) in [6.45, 7) is 6.80. The minimum Gasteiger partial charge on any atom is -0.462 e. The van der Waals surface area contributed by atoms with Crippen LogP contribution >= 0.6 is 0 Å². The molecule has 0 spiro atoms. The van der Waals surface area contributed by atoms with E-state index in [1.54, 1.807) is 0 Å². The maximum absolute atomic E-state index is 11.9. The van der Waals surface area contributed by atoms with Crippen LogP contribution in [0.4, 0.5) is 0 Å². The van der Waals surface area contributed by atoms with Crippen molar-refractivity contribution in [3.8, 4) is 0 Å². The van der Waals surface area contributed by atoms with Crippen molar-refractivity contribution in [2.24, 2.45) is 28.6 Å². The van der Waals surface area contributed by atoms with E-state index in [1.165, 1.54) is 43.8 Å². The molecule has 26 heavy (non-hydrogen) atoms. The van der Waals surface area contributed by atoms with Gasteiger partial charge in [0, 0.05) is 13.3 Å². The summed E-state index contributed by atoms with van der Waals surface area (Å²) in [7, 11) is 0. The highest BCUT2D eigenvalue weighted by molar-refractivity contribution is 5.91. The molecule has 0 aromatic heterocycles. The lowest BCUT2D eigenvalue weighted by atomic mass is 9.47. The molecule has 0 N–H and O–H groups in total. The number of fused-ring (bicyclic) bond motifs is 5. The van der Waals surface area contributed by atoms with Crippen LogP contribution in [0.15, 0.2) is 23.3 Å². The van der Waals surface area contributed by atoms with Crippen molar-refractivity contribution < 1.29 is 14.3 Å². The number of hydrogen-bond donors (Lipinski definition) is 0. The number of allylic oxidation sites excluding steroid dienone is 2. The third-order valence-corrected chi connectivity index (χ3v) is 8.43. The zero-order chi connectivity index (χ0) is 18.5. The van der Waals surface area contributed by atoms with Gasteiger partial charge >= 0.3 is 5.97 Å². The van der Waals surface area contributed by atoms with Gasteiger partial charge in [-0.25, -0.2) is 0 Å². The van der Waals surface area contributed by atoms with Crippen LogP contribution in [-0.4, -0.2) is 18.4 Å². The normalized spacial score (nSPS) is 43.3. The summed E-state index contributed by atoms with van der Waals surface area (Å²) < 4.78 is 5.18. The Bertz CT molecular complexity index is 688. The molecule has 5 atom stereocenters. The number of carbonyl (C=O) groups is 2. The predicted octanol–water partition coefficient (Wildman–Crippen LogP) is 5.01. The second kappa shape index (κ2) is 6.35. The van der Waals surface area contributed by atoms with Crippen molar-refractivity contribution in [3.63, 3.8) is 0 Å². The highest BCUT2D eigenvalue weighted by atomic mass is 16.5. The molecule has 3 nitrogen and oxygen atoms in total. The van der Waals surface area contributed by atoms with Crippen molar-refractivity contribution in [2.75, 3.05) is 6.61 Å². The van der Waals surface area contributed by atoms with Crippen LogP contribution in [0, 0.1) is 28.6 Å². The fourth-order valence-electron chi connectivity index (χ4n) is 7.00. The number of hydrogen-bond acceptors (Lipinski definition) is 3. The number of carbonyl (C=O) groups excluding carboxylic acids is 2. The standard InChI is InChI=1S/C23H32O3/c1-15(24)26-13-10-16-5-7-20-19-6-4-17-14-18(25)8-11-23(17,3)21(19)9-12-22(16,20)2/h10,14,19-21H,4-9,11-13H2,1-3H3/b16-10-/t19-,20-,21-,22+,23-/m0/s1. The lowest BCUT2D eigenvalue weighted by Gasteiger charge is -2.57. The van der Waals surface area contributed by atoms with Crippen LogP contribution in [0.5, 0.6) is 0 Å². The molecule has 0 amide bonds. The average Bonchev–Trinajstić information content (AvgIpc) is 2.92. The van der Waals surface area contributed by atoms with Crippen molar-refractivity contribution in [1.29, 1.82) is 0 Å². The fourth-order valence-corrected chi connectivity index (χ4v) is 7.00. The molecule has 4 rings (SSSR count). The maximum Gasteiger partial charge on any atom is 0.302 e. The van der Waals surface area contributed by atoms with Crippen LogP contribution in [0.25, 0.3) is 0 Å². The molecule has 3 fully saturated rings. The van der Waals surface area contributed by atoms with Gasteiger partial charge < -0.3 is 4.74 Å². The van der Waals surface area contributed by atoms with Crippen LogP contribution in [0.2, 0.25) is 0 Å². The summed E-state index contributed by atoms with van der Waals surface area (Å²) in [5.74, 6) is 2.41. The molecule has 4 aliphatic carbocycles. The number of rotatable bonds is 2. The molecule has 0 heterocycles. The molecule has 0 aromatic rings. The van der Waals surface area contributed by atoms with E-state index in [2.05, 4.69) is 19.9 Å². The van der Waals surface area contributed by atoms with Gasteiger partial charge in [0.2, 0.25) is 0 Å². The molecular weight excluding hydrogens is 324 g/mol. The topological polar surface area (TPSA) is 43.4 Å². The molecule has 0 bridgehead atoms. The Labute approximate surface area is 157 Å². The van der Waals surface area contributed by atoms with E-state index in [4.69, 9.17) is 4.74 Å². The molecule has 4 aliphatic rings. The van der Waals surface area contributed by atoms with Crippen molar-refractivity contribution in [2.45, 2.75) is 72.1 Å². The Morgan fingerprint density at radius 1 is 1.12 bits per heavy atom. The van der Waals surface area contributed by atoms with E-state index in [-0.39, 0.29) is 16.8 Å². The summed E-state index contributed by atoms with van der Waals surface area (Å²) in [6.07, 6.45) is 13.3. The third-order valence-electron chi connectivity index (χ3n) is 8.43. The highest BCUT2D eigenvalue weighted by Gasteiger charge is 2.57. The fraction of sp³-hybridized carbons (Fsp3) is 0.739. The molecule has 0 radical (unpaired) electrons. The van der Waals surface area contributed by atoms with E-state index in [1.807, 2.05) is 6.08 Å². The summed E-state index contributed by atoms with van der Waals surface area (Å²) in [4.78, 5) is 23.0. The SMILES string of the molecule is CC(=O)OC/C=C1/CC[C@H]2[C@@H]3CCC4=CC(=O)CC[C@]4(C)[C@H]3CC[C@]12C. The zero-order valence-corrected chi connectivity index (χ0v) is 16.5. The van der Waals surface area contributed by atoms with Crippen LogP contribution in [-0.2, 0) is 14.3 Å². The summed E-state index contributed by atoms with van der Waals surface area (Å²) in [5, 5.41) is 0. The van der Waals surface area contributed by atoms with Gasteiger partial charge in [0.15, 0.2) is 5.78 Å². The minimum atomic E-state index is -0.198. The number of ether oxygens (including phenoxy) is 1. The van der Waals surface area contributed by atoms with E-state index >= 15 is 0 Å². The van der Waals surface area contributed by atoms with Crippen LogP contribution < -0.4 is 0 Å². The van der Waals surface area contributed by atoms with Gasteiger partial charge in [-0.2, -0.15) is 0 Å². The van der Waals surface area contributed by atoms with E-state index in [0.717, 1.165) is 43.4 Å². The Morgan fingerprint density at radius 2 is 1.88 bits per heavy atom. The quantitative estimate of drug-likeness (QED) is 0.516. The largest absolute Gasteiger partial charge is 0.462 e. The van der Waals surface area contributed by atoms with Crippen molar-refractivity contribution in [3.05, 3.63) is 23.3 Å². The van der Waals surface area contributed by atoms with Gasteiger partial charge in [0.1, 0.15) is 6.61 Å². The lowest BCUT2D eigenvalue weighted by Crippen LogP contribution is -2.49. The highest BCUT2D eigenvalue weighted by Crippen LogP contribution is 2.66. The monoisotopic (exact) mass is 356 g/mol. The van der Waals surface area contributed by atoms with E-state index in [9.17, 15) is 9.59 Å². The Balaban J connectivity index is 1.57. The molecule has 3 heteroatoms. The van der Waals surface area contributed by atoms with Crippen LogP contribution in [0.3, 0.4) is 0 Å². The van der Waals surface area contributed by atoms with Gasteiger partial charge in [0.05, 0.1) is 0 Å². The third kappa shape index (κ3) is 2.70. The molecule has 0 aromatic carbocycles. The zero-order valence-electron chi connectivity index (χ0n) is 16.5. The Morgan fingerprint density at radius 3 is 2.65 bits per heavy atom. The van der Waals surface area contributed by atoms with Crippen molar-refractivity contribution in [1.82, 2.24) is 0 Å². The second-order valence-electron chi connectivity index (χ2n) is 9.50. The maximum atomic E-state index is 11.9. The van der Waals surface area contributed by atoms with Gasteiger partial charge in [0.25, 0.3) is 0 Å². The first-order valence-electron chi connectivity index (χ1n) is 10.4. The van der Waals surface area contributed by atoms with E-state index < -0.39 is 0 Å². The first-order chi connectivity index (χ1) is 12.3. The number of esters is 1. The molecule has 3 saturated carbocycles. The Kier molecular flexibility index (Phi) is 4.40. The van der Waals surface area contributed by atoms with Gasteiger partial charge in [-0.05, 0) is 85.7 Å². The summed E-state index contributed by atoms with van der Waals surface area (Å²) in [6, 6.07) is 0. The predicted molar refractivity (Wildman–Crippen MR) is 101 cm³/mol. The number of ketones is 1. The molecule has 0 saturated heterocycles. The summed E-state index contributed by atoms with van der Waals surface area (Å²) in [5.41, 5.74) is 3.50. The first-order valence-corrected chi connectivity index (χ1v) is 10.4. The molecular formula is C23H32O3. The second-order valence-corrected chi connectivity index (χ2v) is 9.50. The molecule has 0 unspecified atom stereocenters. The average molecular weight is 357 g/mol. The van der Waals surface area contributed by atoms with Gasteiger partial charge in [-0.3, -0.25) is 9.59 Å².